The van der Waals surface area contributed by atoms with Crippen molar-refractivity contribution in [3.8, 4) is 0 Å². The van der Waals surface area contributed by atoms with E-state index in [4.69, 9.17) is 0 Å². The molecule has 0 aliphatic heterocycles. The summed E-state index contributed by atoms with van der Waals surface area (Å²) in [7, 11) is 0. The van der Waals surface area contributed by atoms with Crippen LogP contribution in [0.15, 0.2) is 30.5 Å². The van der Waals surface area contributed by atoms with Gasteiger partial charge < -0.3 is 0 Å². The van der Waals surface area contributed by atoms with Gasteiger partial charge in [0.2, 0.25) is 0 Å². The third-order valence-corrected chi connectivity index (χ3v) is 4.42. The highest BCUT2D eigenvalue weighted by atomic mass is 19.1. The van der Waals surface area contributed by atoms with E-state index in [-0.39, 0.29) is 23.5 Å². The van der Waals surface area contributed by atoms with Gasteiger partial charge in [-0.3, -0.25) is 4.98 Å². The number of hydrogen-bond acceptors (Lipinski definition) is 1. The highest BCUT2D eigenvalue weighted by Gasteiger charge is 2.10. The smallest absolute Gasteiger partial charge is 0.145 e. The minimum atomic E-state index is -0.179. The molecule has 28 heavy (non-hydrogen) atoms. The Morgan fingerprint density at radius 1 is 0.643 bits per heavy atom. The zero-order valence-electron chi connectivity index (χ0n) is 19.4. The Hall–Kier alpha value is -1.77. The van der Waals surface area contributed by atoms with Crippen molar-refractivity contribution in [1.29, 1.82) is 0 Å². The van der Waals surface area contributed by atoms with Crippen LogP contribution >= 0.6 is 0 Å². The molecule has 0 fully saturated rings. The summed E-state index contributed by atoms with van der Waals surface area (Å²) in [6.07, 6.45) is 1.77. The van der Waals surface area contributed by atoms with E-state index >= 15 is 0 Å². The third kappa shape index (κ3) is 8.08. The van der Waals surface area contributed by atoms with Crippen molar-refractivity contribution in [2.24, 2.45) is 0 Å². The Bertz CT molecular complexity index is 642. The van der Waals surface area contributed by atoms with Gasteiger partial charge in [-0.2, -0.15) is 0 Å². The SMILES string of the molecule is CC.CC(C)c1ccc(C(C)C)c(F)c1.CC(C)c1cnc(C(C)C)c(F)c1. The third-order valence-electron chi connectivity index (χ3n) is 4.42. The zero-order chi connectivity index (χ0) is 22.0. The van der Waals surface area contributed by atoms with Crippen LogP contribution in [0.5, 0.6) is 0 Å². The second-order valence-corrected chi connectivity index (χ2v) is 8.04. The van der Waals surface area contributed by atoms with E-state index < -0.39 is 0 Å². The van der Waals surface area contributed by atoms with E-state index in [0.717, 1.165) is 16.7 Å². The monoisotopic (exact) mass is 391 g/mol. The molecular formula is C25H39F2N. The standard InChI is InChI=1S/C12H17F.C11H16FN.C2H6/c1-8(2)10-5-6-11(9(3)4)12(13)7-10;1-7(2)9-5-10(12)11(8(3)4)13-6-9;1-2/h5-9H,1-4H3;5-8H,1-4H3;1-2H3. The first-order valence-corrected chi connectivity index (χ1v) is 10.5. The zero-order valence-corrected chi connectivity index (χ0v) is 19.4. The van der Waals surface area contributed by atoms with Gasteiger partial charge in [-0.1, -0.05) is 81.4 Å². The largest absolute Gasteiger partial charge is 0.258 e. The number of nitrogens with zero attached hydrogens (tertiary/aromatic N) is 1. The van der Waals surface area contributed by atoms with Crippen molar-refractivity contribution in [3.05, 3.63) is 64.5 Å². The lowest BCUT2D eigenvalue weighted by molar-refractivity contribution is 0.579. The van der Waals surface area contributed by atoms with Crippen molar-refractivity contribution in [3.63, 3.8) is 0 Å². The molecule has 158 valence electrons. The summed E-state index contributed by atoms with van der Waals surface area (Å²) in [5.74, 6) is 0.906. The van der Waals surface area contributed by atoms with E-state index in [2.05, 4.69) is 18.8 Å². The predicted octanol–water partition coefficient (Wildman–Crippen LogP) is 8.57. The van der Waals surface area contributed by atoms with Gasteiger partial charge >= 0.3 is 0 Å². The van der Waals surface area contributed by atoms with Gasteiger partial charge in [0.15, 0.2) is 0 Å². The molecule has 0 radical (unpaired) electrons. The molecular weight excluding hydrogens is 352 g/mol. The Morgan fingerprint density at radius 3 is 1.50 bits per heavy atom. The second kappa shape index (κ2) is 12.6. The first-order chi connectivity index (χ1) is 13.0. The fourth-order valence-corrected chi connectivity index (χ4v) is 2.57. The van der Waals surface area contributed by atoms with Crippen molar-refractivity contribution in [2.45, 2.75) is 92.9 Å². The number of pyridine rings is 1. The average Bonchev–Trinajstić information content (AvgIpc) is 2.63. The summed E-state index contributed by atoms with van der Waals surface area (Å²) < 4.78 is 26.9. The molecule has 0 N–H and O–H groups in total. The van der Waals surface area contributed by atoms with Crippen LogP contribution < -0.4 is 0 Å². The molecule has 0 amide bonds. The van der Waals surface area contributed by atoms with E-state index in [1.165, 1.54) is 0 Å². The van der Waals surface area contributed by atoms with Crippen molar-refractivity contribution < 1.29 is 8.78 Å². The van der Waals surface area contributed by atoms with Gasteiger partial charge in [0.05, 0.1) is 5.69 Å². The summed E-state index contributed by atoms with van der Waals surface area (Å²) in [6.45, 7) is 20.1. The van der Waals surface area contributed by atoms with E-state index in [1.54, 1.807) is 18.3 Å². The molecule has 2 aromatic rings. The van der Waals surface area contributed by atoms with Crippen LogP contribution in [0.25, 0.3) is 0 Å². The first kappa shape index (κ1) is 26.2. The summed E-state index contributed by atoms with van der Waals surface area (Å²) in [4.78, 5) is 4.12. The maximum absolute atomic E-state index is 13.5. The van der Waals surface area contributed by atoms with E-state index in [9.17, 15) is 8.78 Å². The van der Waals surface area contributed by atoms with E-state index in [0.29, 0.717) is 17.5 Å². The molecule has 0 atom stereocenters. The van der Waals surface area contributed by atoms with Crippen LogP contribution in [0.2, 0.25) is 0 Å². The molecule has 0 saturated heterocycles. The summed E-state index contributed by atoms with van der Waals surface area (Å²) in [5, 5.41) is 0. The lowest BCUT2D eigenvalue weighted by Gasteiger charge is -2.10. The predicted molar refractivity (Wildman–Crippen MR) is 118 cm³/mol. The van der Waals surface area contributed by atoms with Crippen LogP contribution in [-0.4, -0.2) is 4.98 Å². The fourth-order valence-electron chi connectivity index (χ4n) is 2.57. The molecule has 0 aliphatic carbocycles. The van der Waals surface area contributed by atoms with Gasteiger partial charge in [0.25, 0.3) is 0 Å². The molecule has 1 heterocycles. The van der Waals surface area contributed by atoms with Crippen molar-refractivity contribution in [1.82, 2.24) is 4.98 Å². The minimum Gasteiger partial charge on any atom is -0.258 e. The molecule has 3 heteroatoms. The van der Waals surface area contributed by atoms with Crippen LogP contribution in [-0.2, 0) is 0 Å². The van der Waals surface area contributed by atoms with E-state index in [1.807, 2.05) is 67.5 Å². The molecule has 0 saturated carbocycles. The van der Waals surface area contributed by atoms with Crippen LogP contribution in [0.4, 0.5) is 8.78 Å². The highest BCUT2D eigenvalue weighted by molar-refractivity contribution is 5.28. The molecule has 1 nitrogen and oxygen atoms in total. The first-order valence-electron chi connectivity index (χ1n) is 10.5. The Labute approximate surface area is 171 Å². The van der Waals surface area contributed by atoms with Crippen molar-refractivity contribution in [2.75, 3.05) is 0 Å². The number of aromatic nitrogens is 1. The maximum atomic E-state index is 13.5. The molecule has 0 bridgehead atoms. The lowest BCUT2D eigenvalue weighted by Crippen LogP contribution is -2.00. The second-order valence-electron chi connectivity index (χ2n) is 8.04. The van der Waals surface area contributed by atoms with Gasteiger partial charge in [0, 0.05) is 6.20 Å². The normalized spacial score (nSPS) is 10.7. The summed E-state index contributed by atoms with van der Waals surface area (Å²) >= 11 is 0. The number of benzene rings is 1. The highest BCUT2D eigenvalue weighted by Crippen LogP contribution is 2.23. The quantitative estimate of drug-likeness (QED) is 0.508. The number of hydrogen-bond donors (Lipinski definition) is 0. The van der Waals surface area contributed by atoms with Gasteiger partial charge in [-0.05, 0) is 52.5 Å². The van der Waals surface area contributed by atoms with Crippen LogP contribution in [0.3, 0.4) is 0 Å². The number of rotatable bonds is 4. The minimum absolute atomic E-state index is 0.0683. The van der Waals surface area contributed by atoms with Gasteiger partial charge in [0.1, 0.15) is 11.6 Å². The average molecular weight is 392 g/mol. The number of halogens is 2. The van der Waals surface area contributed by atoms with Gasteiger partial charge in [-0.25, -0.2) is 8.78 Å². The fraction of sp³-hybridized carbons (Fsp3) is 0.560. The lowest BCUT2D eigenvalue weighted by atomic mass is 9.97. The molecule has 0 unspecified atom stereocenters. The topological polar surface area (TPSA) is 12.9 Å². The van der Waals surface area contributed by atoms with Crippen LogP contribution in [0.1, 0.15) is 115 Å². The molecule has 1 aromatic carbocycles. The molecule has 1 aromatic heterocycles. The molecule has 0 aliphatic rings. The maximum Gasteiger partial charge on any atom is 0.145 e. The van der Waals surface area contributed by atoms with Gasteiger partial charge in [-0.15, -0.1) is 0 Å². The van der Waals surface area contributed by atoms with Crippen LogP contribution in [0, 0.1) is 11.6 Å². The Morgan fingerprint density at radius 2 is 1.14 bits per heavy atom. The van der Waals surface area contributed by atoms with Crippen molar-refractivity contribution >= 4 is 0 Å². The summed E-state index contributed by atoms with van der Waals surface area (Å²) in [6, 6.07) is 7.16. The molecule has 0 spiro atoms. The molecule has 2 rings (SSSR count). The Kier molecular flexibility index (Phi) is 11.8. The summed E-state index contributed by atoms with van der Waals surface area (Å²) in [5.41, 5.74) is 3.40. The Balaban J connectivity index is 0.000000478.